The van der Waals surface area contributed by atoms with Gasteiger partial charge in [0.05, 0.1) is 5.92 Å². The number of hydrogen-bond donors (Lipinski definition) is 1. The van der Waals surface area contributed by atoms with Crippen LogP contribution in [0.1, 0.15) is 52.9 Å². The van der Waals surface area contributed by atoms with Gasteiger partial charge in [-0.15, -0.1) is 0 Å². The molecule has 0 bridgehead atoms. The number of carboxylic acids is 1. The summed E-state index contributed by atoms with van der Waals surface area (Å²) in [6.45, 7) is 7.61. The van der Waals surface area contributed by atoms with Gasteiger partial charge in [0.25, 0.3) is 0 Å². The molecular weight excluding hydrogens is 230 g/mol. The van der Waals surface area contributed by atoms with E-state index in [1.165, 1.54) is 0 Å². The van der Waals surface area contributed by atoms with Crippen molar-refractivity contribution in [3.05, 3.63) is 0 Å². The zero-order valence-electron chi connectivity index (χ0n) is 11.7. The molecule has 0 aromatic carbocycles. The highest BCUT2D eigenvalue weighted by Crippen LogP contribution is 2.23. The van der Waals surface area contributed by atoms with Crippen LogP contribution in [0.2, 0.25) is 0 Å². The van der Waals surface area contributed by atoms with Crippen molar-refractivity contribution in [3.8, 4) is 0 Å². The van der Waals surface area contributed by atoms with E-state index in [4.69, 9.17) is 5.11 Å². The minimum atomic E-state index is -0.776. The van der Waals surface area contributed by atoms with Gasteiger partial charge in [0.2, 0.25) is 5.91 Å². The van der Waals surface area contributed by atoms with Crippen molar-refractivity contribution >= 4 is 11.9 Å². The third kappa shape index (κ3) is 5.07. The van der Waals surface area contributed by atoms with E-state index >= 15 is 0 Å². The highest BCUT2D eigenvalue weighted by atomic mass is 16.4. The molecule has 1 saturated heterocycles. The average Bonchev–Trinajstić information content (AvgIpc) is 2.27. The fraction of sp³-hybridized carbons (Fsp3) is 0.857. The lowest BCUT2D eigenvalue weighted by Crippen LogP contribution is -2.42. The highest BCUT2D eigenvalue weighted by molar-refractivity contribution is 5.78. The summed E-state index contributed by atoms with van der Waals surface area (Å²) in [4.78, 5) is 24.6. The maximum atomic E-state index is 12.0. The van der Waals surface area contributed by atoms with Gasteiger partial charge < -0.3 is 10.0 Å². The van der Waals surface area contributed by atoms with Crippen LogP contribution < -0.4 is 0 Å². The normalized spacial score (nSPS) is 20.8. The molecule has 18 heavy (non-hydrogen) atoms. The van der Waals surface area contributed by atoms with Gasteiger partial charge in [-0.1, -0.05) is 20.8 Å². The van der Waals surface area contributed by atoms with Gasteiger partial charge in [-0.25, -0.2) is 0 Å². The fourth-order valence-corrected chi connectivity index (χ4v) is 2.33. The Hall–Kier alpha value is -1.06. The summed E-state index contributed by atoms with van der Waals surface area (Å²) in [5, 5.41) is 8.98. The Bertz CT molecular complexity index is 307. The molecule has 4 nitrogen and oxygen atoms in total. The fourth-order valence-electron chi connectivity index (χ4n) is 2.33. The van der Waals surface area contributed by atoms with Crippen LogP contribution in [0.25, 0.3) is 0 Å². The quantitative estimate of drug-likeness (QED) is 0.839. The van der Waals surface area contributed by atoms with Crippen LogP contribution in [0.5, 0.6) is 0 Å². The Morgan fingerprint density at radius 1 is 1.33 bits per heavy atom. The SMILES string of the molecule is CC(C)(C)CCCC(=O)N1CCC[C@H](C(=O)O)C1. The number of aliphatic carboxylic acids is 1. The van der Waals surface area contributed by atoms with E-state index in [9.17, 15) is 9.59 Å². The monoisotopic (exact) mass is 255 g/mol. The van der Waals surface area contributed by atoms with Crippen LogP contribution in [-0.2, 0) is 9.59 Å². The van der Waals surface area contributed by atoms with Gasteiger partial charge in [-0.3, -0.25) is 9.59 Å². The van der Waals surface area contributed by atoms with Gasteiger partial charge in [0, 0.05) is 19.5 Å². The first-order valence-corrected chi connectivity index (χ1v) is 6.80. The van der Waals surface area contributed by atoms with E-state index in [-0.39, 0.29) is 17.2 Å². The average molecular weight is 255 g/mol. The summed E-state index contributed by atoms with van der Waals surface area (Å²) < 4.78 is 0. The van der Waals surface area contributed by atoms with Gasteiger partial charge >= 0.3 is 5.97 Å². The molecular formula is C14H25NO3. The minimum Gasteiger partial charge on any atom is -0.481 e. The predicted octanol–water partition coefficient (Wildman–Crippen LogP) is 2.53. The number of hydrogen-bond acceptors (Lipinski definition) is 2. The lowest BCUT2D eigenvalue weighted by molar-refractivity contribution is -0.145. The van der Waals surface area contributed by atoms with Crippen molar-refractivity contribution in [3.63, 3.8) is 0 Å². The van der Waals surface area contributed by atoms with Gasteiger partial charge in [0.15, 0.2) is 0 Å². The van der Waals surface area contributed by atoms with Crippen molar-refractivity contribution in [1.82, 2.24) is 4.90 Å². The number of carbonyl (C=O) groups excluding carboxylic acids is 1. The van der Waals surface area contributed by atoms with Crippen molar-refractivity contribution in [2.24, 2.45) is 11.3 Å². The standard InChI is InChI=1S/C14H25NO3/c1-14(2,3)8-4-7-12(16)15-9-5-6-11(10-15)13(17)18/h11H,4-10H2,1-3H3,(H,17,18)/t11-/m0/s1. The van der Waals surface area contributed by atoms with Crippen LogP contribution in [0, 0.1) is 11.3 Å². The lowest BCUT2D eigenvalue weighted by Gasteiger charge is -2.31. The predicted molar refractivity (Wildman–Crippen MR) is 70.2 cm³/mol. The number of rotatable bonds is 4. The molecule has 0 spiro atoms. The second kappa shape index (κ2) is 6.21. The van der Waals surface area contributed by atoms with Crippen LogP contribution in [0.15, 0.2) is 0 Å². The second-order valence-electron chi connectivity index (χ2n) is 6.43. The largest absolute Gasteiger partial charge is 0.481 e. The van der Waals surface area contributed by atoms with E-state index < -0.39 is 5.97 Å². The third-order valence-electron chi connectivity index (χ3n) is 3.44. The molecule has 1 N–H and O–H groups in total. The smallest absolute Gasteiger partial charge is 0.308 e. The molecule has 0 aromatic rings. The Morgan fingerprint density at radius 2 is 2.00 bits per heavy atom. The first-order chi connectivity index (χ1) is 8.29. The summed E-state index contributed by atoms with van der Waals surface area (Å²) in [6.07, 6.45) is 3.96. The Balaban J connectivity index is 2.35. The van der Waals surface area contributed by atoms with Crippen molar-refractivity contribution in [2.45, 2.75) is 52.9 Å². The molecule has 0 aliphatic carbocycles. The zero-order valence-corrected chi connectivity index (χ0v) is 11.7. The summed E-state index contributed by atoms with van der Waals surface area (Å²) in [6, 6.07) is 0. The minimum absolute atomic E-state index is 0.116. The number of nitrogens with zero attached hydrogens (tertiary/aromatic N) is 1. The van der Waals surface area contributed by atoms with Gasteiger partial charge in [-0.2, -0.15) is 0 Å². The molecule has 0 radical (unpaired) electrons. The summed E-state index contributed by atoms with van der Waals surface area (Å²) in [5.74, 6) is -1.03. The molecule has 1 atom stereocenters. The number of piperidine rings is 1. The van der Waals surface area contributed by atoms with E-state index in [0.29, 0.717) is 19.4 Å². The maximum absolute atomic E-state index is 12.0. The molecule has 0 unspecified atom stereocenters. The molecule has 4 heteroatoms. The number of likely N-dealkylation sites (tertiary alicyclic amines) is 1. The Kier molecular flexibility index (Phi) is 5.17. The topological polar surface area (TPSA) is 57.6 Å². The van der Waals surface area contributed by atoms with Crippen LogP contribution in [0.4, 0.5) is 0 Å². The summed E-state index contributed by atoms with van der Waals surface area (Å²) in [5.41, 5.74) is 0.256. The molecule has 1 aliphatic heterocycles. The molecule has 1 amide bonds. The van der Waals surface area contributed by atoms with Crippen LogP contribution in [0.3, 0.4) is 0 Å². The summed E-state index contributed by atoms with van der Waals surface area (Å²) in [7, 11) is 0. The van der Waals surface area contributed by atoms with Crippen molar-refractivity contribution in [2.75, 3.05) is 13.1 Å². The summed E-state index contributed by atoms with van der Waals surface area (Å²) >= 11 is 0. The van der Waals surface area contributed by atoms with E-state index in [1.54, 1.807) is 4.90 Å². The van der Waals surface area contributed by atoms with Crippen molar-refractivity contribution in [1.29, 1.82) is 0 Å². The molecule has 0 saturated carbocycles. The first kappa shape index (κ1) is 15.0. The van der Waals surface area contributed by atoms with E-state index in [2.05, 4.69) is 20.8 Å². The first-order valence-electron chi connectivity index (χ1n) is 6.80. The molecule has 1 fully saturated rings. The van der Waals surface area contributed by atoms with Crippen molar-refractivity contribution < 1.29 is 14.7 Å². The lowest BCUT2D eigenvalue weighted by atomic mass is 9.89. The molecule has 1 rings (SSSR count). The Morgan fingerprint density at radius 3 is 2.56 bits per heavy atom. The number of amides is 1. The highest BCUT2D eigenvalue weighted by Gasteiger charge is 2.27. The van der Waals surface area contributed by atoms with Crippen LogP contribution >= 0.6 is 0 Å². The Labute approximate surface area is 109 Å². The molecule has 1 aliphatic rings. The van der Waals surface area contributed by atoms with E-state index in [1.807, 2.05) is 0 Å². The van der Waals surface area contributed by atoms with Gasteiger partial charge in [0.1, 0.15) is 0 Å². The maximum Gasteiger partial charge on any atom is 0.308 e. The second-order valence-corrected chi connectivity index (χ2v) is 6.43. The molecule has 0 aromatic heterocycles. The van der Waals surface area contributed by atoms with Gasteiger partial charge in [-0.05, 0) is 31.1 Å². The molecule has 104 valence electrons. The molecule has 1 heterocycles. The third-order valence-corrected chi connectivity index (χ3v) is 3.44. The zero-order chi connectivity index (χ0) is 13.8. The van der Waals surface area contributed by atoms with E-state index in [0.717, 1.165) is 25.8 Å². The van der Waals surface area contributed by atoms with Crippen LogP contribution in [-0.4, -0.2) is 35.0 Å². The number of carbonyl (C=O) groups is 2. The number of carboxylic acid groups (broad SMARTS) is 1.